The summed E-state index contributed by atoms with van der Waals surface area (Å²) in [5, 5.41) is 0. The van der Waals surface area contributed by atoms with Crippen LogP contribution in [-0.4, -0.2) is 40.2 Å². The van der Waals surface area contributed by atoms with Crippen molar-refractivity contribution in [2.75, 3.05) is 13.2 Å². The summed E-state index contributed by atoms with van der Waals surface area (Å²) in [6.07, 6.45) is 0.822. The van der Waals surface area contributed by atoms with Crippen LogP contribution in [0.25, 0.3) is 0 Å². The van der Waals surface area contributed by atoms with E-state index in [9.17, 15) is 27.0 Å². The SMILES string of the molecule is C=CCOC(=O)C(C(=O)OCC)[C@@H](Cc1cc(F)c(F)cc1F)NS(=O)C(C)(C)C. The summed E-state index contributed by atoms with van der Waals surface area (Å²) in [5.41, 5.74) is -0.317. The zero-order chi connectivity index (χ0) is 23.1. The predicted molar refractivity (Wildman–Crippen MR) is 106 cm³/mol. The molecule has 0 spiro atoms. The summed E-state index contributed by atoms with van der Waals surface area (Å²) >= 11 is 0. The molecule has 0 bridgehead atoms. The molecule has 0 amide bonds. The maximum atomic E-state index is 14.2. The highest BCUT2D eigenvalue weighted by molar-refractivity contribution is 7.84. The molecule has 0 aliphatic rings. The molecule has 0 aromatic heterocycles. The van der Waals surface area contributed by atoms with Crippen molar-refractivity contribution in [2.24, 2.45) is 5.92 Å². The lowest BCUT2D eigenvalue weighted by molar-refractivity contribution is -0.162. The van der Waals surface area contributed by atoms with Crippen molar-refractivity contribution in [3.05, 3.63) is 47.8 Å². The summed E-state index contributed by atoms with van der Waals surface area (Å²) in [6.45, 7) is 9.59. The van der Waals surface area contributed by atoms with Crippen LogP contribution in [0, 0.1) is 23.4 Å². The second kappa shape index (κ2) is 11.3. The van der Waals surface area contributed by atoms with Gasteiger partial charge in [0.25, 0.3) is 0 Å². The van der Waals surface area contributed by atoms with E-state index in [4.69, 9.17) is 9.47 Å². The average Bonchev–Trinajstić information content (AvgIpc) is 2.63. The Balaban J connectivity index is 3.40. The minimum atomic E-state index is -1.80. The summed E-state index contributed by atoms with van der Waals surface area (Å²) in [4.78, 5) is 25.1. The smallest absolute Gasteiger partial charge is 0.322 e. The fourth-order valence-electron chi connectivity index (χ4n) is 2.39. The maximum Gasteiger partial charge on any atom is 0.322 e. The molecule has 0 heterocycles. The Hall–Kier alpha value is -2.20. The van der Waals surface area contributed by atoms with E-state index in [2.05, 4.69) is 11.3 Å². The van der Waals surface area contributed by atoms with Crippen molar-refractivity contribution in [3.8, 4) is 0 Å². The molecule has 6 nitrogen and oxygen atoms in total. The summed E-state index contributed by atoms with van der Waals surface area (Å²) in [6, 6.07) is -0.310. The van der Waals surface area contributed by atoms with Gasteiger partial charge in [-0.3, -0.25) is 9.59 Å². The van der Waals surface area contributed by atoms with Crippen LogP contribution >= 0.6 is 0 Å². The highest BCUT2D eigenvalue weighted by Crippen LogP contribution is 2.22. The topological polar surface area (TPSA) is 81.7 Å². The van der Waals surface area contributed by atoms with E-state index < -0.39 is 63.5 Å². The molecule has 0 radical (unpaired) electrons. The van der Waals surface area contributed by atoms with Gasteiger partial charge >= 0.3 is 11.9 Å². The Kier molecular flexibility index (Phi) is 9.70. The molecule has 1 aromatic rings. The number of ether oxygens (including phenoxy) is 2. The van der Waals surface area contributed by atoms with E-state index in [0.29, 0.717) is 12.1 Å². The van der Waals surface area contributed by atoms with Crippen molar-refractivity contribution in [2.45, 2.75) is 44.9 Å². The van der Waals surface area contributed by atoms with Gasteiger partial charge in [-0.2, -0.15) is 0 Å². The summed E-state index contributed by atoms with van der Waals surface area (Å²) in [7, 11) is -1.80. The van der Waals surface area contributed by atoms with Crippen LogP contribution in [0.3, 0.4) is 0 Å². The van der Waals surface area contributed by atoms with E-state index in [-0.39, 0.29) is 18.8 Å². The molecule has 0 fully saturated rings. The Morgan fingerprint density at radius 2 is 1.70 bits per heavy atom. The Bertz CT molecular complexity index is 810. The lowest BCUT2D eigenvalue weighted by Gasteiger charge is -2.28. The number of carbonyl (C=O) groups is 2. The third kappa shape index (κ3) is 7.24. The van der Waals surface area contributed by atoms with Gasteiger partial charge in [0.15, 0.2) is 17.6 Å². The van der Waals surface area contributed by atoms with Crippen LogP contribution in [0.4, 0.5) is 13.2 Å². The molecule has 1 aromatic carbocycles. The molecule has 0 saturated heterocycles. The summed E-state index contributed by atoms with van der Waals surface area (Å²) < 4.78 is 65.5. The Labute approximate surface area is 176 Å². The maximum absolute atomic E-state index is 14.2. The standard InChI is InChI=1S/C20H26F3NO5S/c1-6-8-29-19(26)17(18(25)28-7-2)16(24-30(27)20(3,4)5)10-12-9-14(22)15(23)11-13(12)21/h6,9,11,16-17,24H,1,7-8,10H2,2-5H3/t16-,17?,30?/m1/s1. The van der Waals surface area contributed by atoms with Gasteiger partial charge in [0.1, 0.15) is 12.4 Å². The average molecular weight is 449 g/mol. The zero-order valence-electron chi connectivity index (χ0n) is 17.3. The quantitative estimate of drug-likeness (QED) is 0.257. The van der Waals surface area contributed by atoms with Crippen molar-refractivity contribution >= 4 is 22.9 Å². The van der Waals surface area contributed by atoms with E-state index in [1.54, 1.807) is 20.8 Å². The number of halogens is 3. The second-order valence-corrected chi connectivity index (χ2v) is 9.31. The normalized spacial score (nSPS) is 14.5. The number of nitrogens with one attached hydrogen (secondary N) is 1. The zero-order valence-corrected chi connectivity index (χ0v) is 18.1. The van der Waals surface area contributed by atoms with Crippen LogP contribution in [0.2, 0.25) is 0 Å². The molecule has 1 rings (SSSR count). The second-order valence-electron chi connectivity index (χ2n) is 7.32. The molecule has 10 heteroatoms. The first-order valence-corrected chi connectivity index (χ1v) is 10.3. The Morgan fingerprint density at radius 1 is 1.13 bits per heavy atom. The fourth-order valence-corrected chi connectivity index (χ4v) is 3.23. The molecule has 0 aliphatic heterocycles. The van der Waals surface area contributed by atoms with E-state index >= 15 is 0 Å². The van der Waals surface area contributed by atoms with Gasteiger partial charge in [0.05, 0.1) is 22.3 Å². The monoisotopic (exact) mass is 449 g/mol. The molecular formula is C20H26F3NO5S. The highest BCUT2D eigenvalue weighted by Gasteiger charge is 2.40. The van der Waals surface area contributed by atoms with Crippen molar-refractivity contribution in [1.82, 2.24) is 4.72 Å². The molecular weight excluding hydrogens is 423 g/mol. The van der Waals surface area contributed by atoms with Gasteiger partial charge in [-0.25, -0.2) is 22.1 Å². The third-order valence-corrected chi connectivity index (χ3v) is 5.51. The van der Waals surface area contributed by atoms with Crippen LogP contribution in [0.1, 0.15) is 33.3 Å². The van der Waals surface area contributed by atoms with Gasteiger partial charge in [-0.05, 0) is 45.7 Å². The van der Waals surface area contributed by atoms with E-state index in [1.165, 1.54) is 13.0 Å². The summed E-state index contributed by atoms with van der Waals surface area (Å²) in [5.74, 6) is -7.40. The van der Waals surface area contributed by atoms with Crippen molar-refractivity contribution in [3.63, 3.8) is 0 Å². The molecule has 0 saturated carbocycles. The van der Waals surface area contributed by atoms with Crippen LogP contribution in [-0.2, 0) is 36.5 Å². The number of carbonyl (C=O) groups excluding carboxylic acids is 2. The third-order valence-electron chi connectivity index (χ3n) is 3.88. The number of hydrogen-bond acceptors (Lipinski definition) is 5. The molecule has 3 atom stereocenters. The first-order chi connectivity index (χ1) is 13.9. The van der Waals surface area contributed by atoms with E-state index in [1.807, 2.05) is 0 Å². The molecule has 1 N–H and O–H groups in total. The van der Waals surface area contributed by atoms with Gasteiger partial charge < -0.3 is 9.47 Å². The van der Waals surface area contributed by atoms with Gasteiger partial charge in [-0.1, -0.05) is 12.7 Å². The van der Waals surface area contributed by atoms with Crippen molar-refractivity contribution in [1.29, 1.82) is 0 Å². The molecule has 168 valence electrons. The van der Waals surface area contributed by atoms with Crippen LogP contribution in [0.15, 0.2) is 24.8 Å². The Morgan fingerprint density at radius 3 is 2.23 bits per heavy atom. The lowest BCUT2D eigenvalue weighted by Crippen LogP contribution is -2.50. The minimum absolute atomic E-state index is 0.0569. The van der Waals surface area contributed by atoms with Crippen LogP contribution < -0.4 is 4.72 Å². The number of benzene rings is 1. The molecule has 30 heavy (non-hydrogen) atoms. The van der Waals surface area contributed by atoms with Gasteiger partial charge in [-0.15, -0.1) is 0 Å². The predicted octanol–water partition coefficient (Wildman–Crippen LogP) is 2.98. The first-order valence-electron chi connectivity index (χ1n) is 9.18. The largest absolute Gasteiger partial charge is 0.465 e. The fraction of sp³-hybridized carbons (Fsp3) is 0.500. The minimum Gasteiger partial charge on any atom is -0.465 e. The van der Waals surface area contributed by atoms with Gasteiger partial charge in [0, 0.05) is 12.1 Å². The highest BCUT2D eigenvalue weighted by atomic mass is 32.2. The number of esters is 2. The lowest BCUT2D eigenvalue weighted by atomic mass is 9.93. The molecule has 2 unspecified atom stereocenters. The van der Waals surface area contributed by atoms with Gasteiger partial charge in [0.2, 0.25) is 0 Å². The van der Waals surface area contributed by atoms with Crippen molar-refractivity contribution < 1.29 is 36.4 Å². The molecule has 0 aliphatic carbocycles. The van der Waals surface area contributed by atoms with Crippen LogP contribution in [0.5, 0.6) is 0 Å². The number of rotatable bonds is 10. The first kappa shape index (κ1) is 25.8. The number of hydrogen-bond donors (Lipinski definition) is 1. The van der Waals surface area contributed by atoms with E-state index in [0.717, 1.165) is 0 Å².